The molecule has 0 aromatic heterocycles. The Morgan fingerprint density at radius 3 is 2.00 bits per heavy atom. The van der Waals surface area contributed by atoms with Gasteiger partial charge in [-0.05, 0) is 75.0 Å². The summed E-state index contributed by atoms with van der Waals surface area (Å²) in [6.07, 6.45) is 11.9. The Labute approximate surface area is 106 Å². The second-order valence-electron chi connectivity index (χ2n) is 6.94. The Morgan fingerprint density at radius 2 is 1.47 bits per heavy atom. The highest BCUT2D eigenvalue weighted by Gasteiger charge is 2.28. The van der Waals surface area contributed by atoms with E-state index in [9.17, 15) is 4.79 Å². The molecule has 2 saturated carbocycles. The first-order chi connectivity index (χ1) is 8.17. The molecular formula is C16H28O. The summed E-state index contributed by atoms with van der Waals surface area (Å²) in [5.74, 6) is 4.17. The lowest BCUT2D eigenvalue weighted by atomic mass is 9.71. The van der Waals surface area contributed by atoms with Gasteiger partial charge in [0.1, 0.15) is 6.29 Å². The Bertz CT molecular complexity index is 230. The Hall–Kier alpha value is -0.330. The van der Waals surface area contributed by atoms with E-state index in [1.807, 2.05) is 0 Å². The van der Waals surface area contributed by atoms with Crippen molar-refractivity contribution in [3.8, 4) is 0 Å². The van der Waals surface area contributed by atoms with Crippen molar-refractivity contribution in [3.05, 3.63) is 0 Å². The Balaban J connectivity index is 1.75. The van der Waals surface area contributed by atoms with E-state index in [2.05, 4.69) is 13.8 Å². The van der Waals surface area contributed by atoms with Gasteiger partial charge in [0.2, 0.25) is 0 Å². The summed E-state index contributed by atoms with van der Waals surface area (Å²) in [4.78, 5) is 10.7. The van der Waals surface area contributed by atoms with Crippen LogP contribution in [0.25, 0.3) is 0 Å². The van der Waals surface area contributed by atoms with Crippen molar-refractivity contribution in [2.75, 3.05) is 0 Å². The van der Waals surface area contributed by atoms with Crippen LogP contribution >= 0.6 is 0 Å². The van der Waals surface area contributed by atoms with Crippen LogP contribution in [-0.2, 0) is 4.79 Å². The maximum atomic E-state index is 10.7. The first kappa shape index (κ1) is 13.1. The second kappa shape index (κ2) is 6.02. The fourth-order valence-electron chi connectivity index (χ4n) is 4.34. The van der Waals surface area contributed by atoms with Crippen LogP contribution in [0.15, 0.2) is 0 Å². The van der Waals surface area contributed by atoms with Crippen molar-refractivity contribution in [1.29, 1.82) is 0 Å². The summed E-state index contributed by atoms with van der Waals surface area (Å²) in [6, 6.07) is 0. The number of hydrogen-bond acceptors (Lipinski definition) is 1. The van der Waals surface area contributed by atoms with Crippen molar-refractivity contribution >= 4 is 6.29 Å². The minimum atomic E-state index is 0.385. The normalized spacial score (nSPS) is 43.3. The molecule has 2 unspecified atom stereocenters. The quantitative estimate of drug-likeness (QED) is 0.661. The van der Waals surface area contributed by atoms with Gasteiger partial charge >= 0.3 is 0 Å². The highest BCUT2D eigenvalue weighted by Crippen LogP contribution is 2.39. The molecule has 0 aromatic rings. The predicted molar refractivity (Wildman–Crippen MR) is 71.8 cm³/mol. The molecule has 0 radical (unpaired) electrons. The van der Waals surface area contributed by atoms with Gasteiger partial charge in [-0.1, -0.05) is 13.8 Å². The smallest absolute Gasteiger partial charge is 0.123 e. The average Bonchev–Trinajstić information content (AvgIpc) is 2.28. The molecular weight excluding hydrogens is 208 g/mol. The summed E-state index contributed by atoms with van der Waals surface area (Å²) >= 11 is 0. The van der Waals surface area contributed by atoms with Gasteiger partial charge in [0.15, 0.2) is 0 Å². The van der Waals surface area contributed by atoms with Gasteiger partial charge in [0.25, 0.3) is 0 Å². The fraction of sp³-hybridized carbons (Fsp3) is 0.938. The van der Waals surface area contributed by atoms with Crippen molar-refractivity contribution in [2.24, 2.45) is 29.6 Å². The Kier molecular flexibility index (Phi) is 4.64. The van der Waals surface area contributed by atoms with Crippen LogP contribution in [0, 0.1) is 29.6 Å². The lowest BCUT2D eigenvalue weighted by Gasteiger charge is -2.35. The van der Waals surface area contributed by atoms with E-state index in [1.54, 1.807) is 0 Å². The Morgan fingerprint density at radius 1 is 0.882 bits per heavy atom. The molecule has 98 valence electrons. The SMILES string of the molecule is CC1CC(C)CC(CC2CCC(C=O)CC2)C1. The zero-order valence-electron chi connectivity index (χ0n) is 11.5. The van der Waals surface area contributed by atoms with Crippen LogP contribution in [0.2, 0.25) is 0 Å². The zero-order valence-corrected chi connectivity index (χ0v) is 11.5. The third-order valence-electron chi connectivity index (χ3n) is 5.03. The third-order valence-corrected chi connectivity index (χ3v) is 5.03. The largest absolute Gasteiger partial charge is 0.303 e. The molecule has 0 spiro atoms. The summed E-state index contributed by atoms with van der Waals surface area (Å²) in [5, 5.41) is 0. The molecule has 0 aromatic carbocycles. The minimum absolute atomic E-state index is 0.385. The number of hydrogen-bond donors (Lipinski definition) is 0. The van der Waals surface area contributed by atoms with Gasteiger partial charge in [-0.25, -0.2) is 0 Å². The molecule has 0 bridgehead atoms. The second-order valence-corrected chi connectivity index (χ2v) is 6.94. The predicted octanol–water partition coefficient (Wildman–Crippen LogP) is 4.45. The minimum Gasteiger partial charge on any atom is -0.303 e. The van der Waals surface area contributed by atoms with Crippen LogP contribution in [-0.4, -0.2) is 6.29 Å². The average molecular weight is 236 g/mol. The number of carbonyl (C=O) groups is 1. The standard InChI is InChI=1S/C16H28O/c1-12-7-13(2)9-16(8-12)10-14-3-5-15(11-17)6-4-14/h11-16H,3-10H2,1-2H3. The summed E-state index contributed by atoms with van der Waals surface area (Å²) in [7, 11) is 0. The van der Waals surface area contributed by atoms with Gasteiger partial charge in [0, 0.05) is 5.92 Å². The van der Waals surface area contributed by atoms with E-state index < -0.39 is 0 Å². The molecule has 2 atom stereocenters. The molecule has 2 rings (SSSR count). The lowest BCUT2D eigenvalue weighted by molar-refractivity contribution is -0.112. The molecule has 0 N–H and O–H groups in total. The highest BCUT2D eigenvalue weighted by molar-refractivity contribution is 5.53. The van der Waals surface area contributed by atoms with Crippen molar-refractivity contribution < 1.29 is 4.79 Å². The van der Waals surface area contributed by atoms with Crippen molar-refractivity contribution in [1.82, 2.24) is 0 Å². The van der Waals surface area contributed by atoms with Crippen molar-refractivity contribution in [3.63, 3.8) is 0 Å². The molecule has 0 saturated heterocycles. The topological polar surface area (TPSA) is 17.1 Å². The molecule has 2 aliphatic rings. The van der Waals surface area contributed by atoms with Gasteiger partial charge in [-0.2, -0.15) is 0 Å². The fourth-order valence-corrected chi connectivity index (χ4v) is 4.34. The molecule has 2 fully saturated rings. The van der Waals surface area contributed by atoms with Gasteiger partial charge in [-0.15, -0.1) is 0 Å². The maximum Gasteiger partial charge on any atom is 0.123 e. The van der Waals surface area contributed by atoms with Crippen LogP contribution in [0.1, 0.15) is 65.2 Å². The van der Waals surface area contributed by atoms with Gasteiger partial charge in [0.05, 0.1) is 0 Å². The van der Waals surface area contributed by atoms with E-state index in [1.165, 1.54) is 44.8 Å². The number of rotatable bonds is 3. The van der Waals surface area contributed by atoms with Crippen LogP contribution in [0.3, 0.4) is 0 Å². The first-order valence-electron chi connectivity index (χ1n) is 7.62. The molecule has 1 heteroatoms. The molecule has 0 aliphatic heterocycles. The van der Waals surface area contributed by atoms with Crippen molar-refractivity contribution in [2.45, 2.75) is 65.2 Å². The lowest BCUT2D eigenvalue weighted by Crippen LogP contribution is -2.24. The first-order valence-corrected chi connectivity index (χ1v) is 7.62. The van der Waals surface area contributed by atoms with Gasteiger partial charge in [-0.3, -0.25) is 0 Å². The highest BCUT2D eigenvalue weighted by atomic mass is 16.1. The summed E-state index contributed by atoms with van der Waals surface area (Å²) in [5.41, 5.74) is 0. The molecule has 2 aliphatic carbocycles. The third kappa shape index (κ3) is 3.82. The maximum absolute atomic E-state index is 10.7. The molecule has 17 heavy (non-hydrogen) atoms. The van der Waals surface area contributed by atoms with E-state index in [-0.39, 0.29) is 0 Å². The van der Waals surface area contributed by atoms with E-state index >= 15 is 0 Å². The molecule has 1 nitrogen and oxygen atoms in total. The van der Waals surface area contributed by atoms with E-state index in [4.69, 9.17) is 0 Å². The number of carbonyl (C=O) groups excluding carboxylic acids is 1. The summed E-state index contributed by atoms with van der Waals surface area (Å²) in [6.45, 7) is 4.85. The molecule has 0 amide bonds. The van der Waals surface area contributed by atoms with Crippen LogP contribution < -0.4 is 0 Å². The van der Waals surface area contributed by atoms with E-state index in [0.717, 1.165) is 36.5 Å². The zero-order chi connectivity index (χ0) is 12.3. The number of aldehydes is 1. The van der Waals surface area contributed by atoms with Crippen LogP contribution in [0.4, 0.5) is 0 Å². The van der Waals surface area contributed by atoms with E-state index in [0.29, 0.717) is 5.92 Å². The summed E-state index contributed by atoms with van der Waals surface area (Å²) < 4.78 is 0. The molecule has 0 heterocycles. The van der Waals surface area contributed by atoms with Gasteiger partial charge < -0.3 is 4.79 Å². The monoisotopic (exact) mass is 236 g/mol. The van der Waals surface area contributed by atoms with Crippen LogP contribution in [0.5, 0.6) is 0 Å².